The molecular weight excluding hydrogens is 383 g/mol. The number of ketones is 1. The predicted octanol–water partition coefficient (Wildman–Crippen LogP) is 5.30. The molecule has 1 amide bonds. The van der Waals surface area contributed by atoms with Gasteiger partial charge in [-0.05, 0) is 67.6 Å². The van der Waals surface area contributed by atoms with E-state index in [0.717, 1.165) is 17.8 Å². The molecule has 0 radical (unpaired) electrons. The van der Waals surface area contributed by atoms with Gasteiger partial charge in [-0.15, -0.1) is 0 Å². The molecular formula is C21H16F3N3O2. The summed E-state index contributed by atoms with van der Waals surface area (Å²) in [5.41, 5.74) is 1.03. The zero-order valence-corrected chi connectivity index (χ0v) is 15.2. The summed E-state index contributed by atoms with van der Waals surface area (Å²) in [6.07, 6.45) is -3.08. The summed E-state index contributed by atoms with van der Waals surface area (Å²) in [4.78, 5) is 27.7. The van der Waals surface area contributed by atoms with Gasteiger partial charge >= 0.3 is 6.18 Å². The Bertz CT molecular complexity index is 1010. The molecule has 1 aromatic heterocycles. The number of alkyl halides is 3. The molecule has 0 atom stereocenters. The van der Waals surface area contributed by atoms with Crippen molar-refractivity contribution in [3.63, 3.8) is 0 Å². The molecule has 0 saturated carbocycles. The first kappa shape index (κ1) is 20.1. The Morgan fingerprint density at radius 2 is 1.41 bits per heavy atom. The van der Waals surface area contributed by atoms with Crippen LogP contribution in [0.15, 0.2) is 66.9 Å². The third-order valence-corrected chi connectivity index (χ3v) is 4.06. The first-order valence-electron chi connectivity index (χ1n) is 8.55. The fourth-order valence-electron chi connectivity index (χ4n) is 2.48. The Hall–Kier alpha value is -3.68. The van der Waals surface area contributed by atoms with Crippen LogP contribution in [0.4, 0.5) is 30.4 Å². The number of hydrogen-bond donors (Lipinski definition) is 2. The van der Waals surface area contributed by atoms with Crippen molar-refractivity contribution < 1.29 is 22.8 Å². The van der Waals surface area contributed by atoms with Crippen LogP contribution in [0.25, 0.3) is 0 Å². The number of carbonyl (C=O) groups is 2. The van der Waals surface area contributed by atoms with Crippen LogP contribution in [0.2, 0.25) is 0 Å². The lowest BCUT2D eigenvalue weighted by molar-refractivity contribution is -0.137. The molecule has 8 heteroatoms. The van der Waals surface area contributed by atoms with E-state index in [-0.39, 0.29) is 17.0 Å². The van der Waals surface area contributed by atoms with Crippen molar-refractivity contribution in [2.45, 2.75) is 13.1 Å². The lowest BCUT2D eigenvalue weighted by Crippen LogP contribution is -2.13. The van der Waals surface area contributed by atoms with Crippen LogP contribution < -0.4 is 10.6 Å². The van der Waals surface area contributed by atoms with Crippen molar-refractivity contribution in [2.75, 3.05) is 10.6 Å². The number of nitrogens with one attached hydrogen (secondary N) is 2. The van der Waals surface area contributed by atoms with Gasteiger partial charge < -0.3 is 10.6 Å². The van der Waals surface area contributed by atoms with Crippen molar-refractivity contribution in [3.05, 3.63) is 83.6 Å². The summed E-state index contributed by atoms with van der Waals surface area (Å²) < 4.78 is 37.7. The van der Waals surface area contributed by atoms with E-state index in [1.807, 2.05) is 0 Å². The van der Waals surface area contributed by atoms with Crippen LogP contribution in [0.3, 0.4) is 0 Å². The van der Waals surface area contributed by atoms with Gasteiger partial charge in [-0.25, -0.2) is 4.98 Å². The third kappa shape index (κ3) is 5.19. The number of Topliss-reactive ketones (excluding diaryl/α,β-unsaturated/α-hetero) is 1. The SMILES string of the molecule is CC(=O)c1ccc(Nc2ccc(C(=O)Nc3ccc(C(F)(F)F)cc3)cn2)cc1. The fourth-order valence-corrected chi connectivity index (χ4v) is 2.48. The Balaban J connectivity index is 1.63. The number of amides is 1. The average molecular weight is 399 g/mol. The number of pyridine rings is 1. The van der Waals surface area contributed by atoms with Crippen molar-refractivity contribution >= 4 is 28.9 Å². The largest absolute Gasteiger partial charge is 0.416 e. The number of anilines is 3. The highest BCUT2D eigenvalue weighted by molar-refractivity contribution is 6.04. The molecule has 2 N–H and O–H groups in total. The maximum absolute atomic E-state index is 12.6. The summed E-state index contributed by atoms with van der Waals surface area (Å²) in [7, 11) is 0. The molecule has 0 spiro atoms. The molecule has 0 aliphatic rings. The number of halogens is 3. The molecule has 1 heterocycles. The highest BCUT2D eigenvalue weighted by atomic mass is 19.4. The van der Waals surface area contributed by atoms with Crippen molar-refractivity contribution in [3.8, 4) is 0 Å². The van der Waals surface area contributed by atoms with Crippen LogP contribution in [-0.2, 0) is 6.18 Å². The zero-order chi connectivity index (χ0) is 21.0. The van der Waals surface area contributed by atoms with E-state index < -0.39 is 17.6 Å². The molecule has 2 aromatic carbocycles. The van der Waals surface area contributed by atoms with E-state index >= 15 is 0 Å². The Morgan fingerprint density at radius 1 is 0.828 bits per heavy atom. The van der Waals surface area contributed by atoms with Crippen molar-refractivity contribution in [2.24, 2.45) is 0 Å². The van der Waals surface area contributed by atoms with Gasteiger partial charge in [-0.3, -0.25) is 9.59 Å². The van der Waals surface area contributed by atoms with Crippen LogP contribution >= 0.6 is 0 Å². The summed E-state index contributed by atoms with van der Waals surface area (Å²) in [5, 5.41) is 5.57. The number of carbonyl (C=O) groups excluding carboxylic acids is 2. The van der Waals surface area contributed by atoms with E-state index in [1.165, 1.54) is 25.3 Å². The van der Waals surface area contributed by atoms with Crippen LogP contribution in [-0.4, -0.2) is 16.7 Å². The van der Waals surface area contributed by atoms with Crippen molar-refractivity contribution in [1.29, 1.82) is 0 Å². The molecule has 0 aliphatic heterocycles. The predicted molar refractivity (Wildman–Crippen MR) is 103 cm³/mol. The number of aromatic nitrogens is 1. The van der Waals surface area contributed by atoms with Gasteiger partial charge in [0.15, 0.2) is 5.78 Å². The topological polar surface area (TPSA) is 71.1 Å². The summed E-state index contributed by atoms with van der Waals surface area (Å²) in [6.45, 7) is 1.48. The van der Waals surface area contributed by atoms with Gasteiger partial charge in [0, 0.05) is 23.1 Å². The second-order valence-electron chi connectivity index (χ2n) is 6.22. The monoisotopic (exact) mass is 399 g/mol. The van der Waals surface area contributed by atoms with Crippen molar-refractivity contribution in [1.82, 2.24) is 4.98 Å². The minimum absolute atomic E-state index is 0.0295. The van der Waals surface area contributed by atoms with E-state index in [9.17, 15) is 22.8 Å². The Labute approximate surface area is 164 Å². The minimum Gasteiger partial charge on any atom is -0.340 e. The molecule has 0 aliphatic carbocycles. The standard InChI is InChI=1S/C21H16F3N3O2/c1-13(28)14-2-7-17(8-3-14)26-19-11-4-15(12-25-19)20(29)27-18-9-5-16(6-10-18)21(22,23)24/h2-12H,1H3,(H,25,26)(H,27,29). The van der Waals surface area contributed by atoms with Gasteiger partial charge in [-0.2, -0.15) is 13.2 Å². The van der Waals surface area contributed by atoms with E-state index in [0.29, 0.717) is 11.4 Å². The summed E-state index contributed by atoms with van der Waals surface area (Å²) in [5.74, 6) is -0.0284. The quantitative estimate of drug-likeness (QED) is 0.571. The molecule has 5 nitrogen and oxygen atoms in total. The van der Waals surface area contributed by atoms with Crippen LogP contribution in [0, 0.1) is 0 Å². The van der Waals surface area contributed by atoms with E-state index in [4.69, 9.17) is 0 Å². The van der Waals surface area contributed by atoms with E-state index in [1.54, 1.807) is 36.4 Å². The van der Waals surface area contributed by atoms with Gasteiger partial charge in [-0.1, -0.05) is 0 Å². The number of benzene rings is 2. The zero-order valence-electron chi connectivity index (χ0n) is 15.2. The molecule has 0 fully saturated rings. The second-order valence-corrected chi connectivity index (χ2v) is 6.22. The minimum atomic E-state index is -4.43. The average Bonchev–Trinajstić information content (AvgIpc) is 2.68. The lowest BCUT2D eigenvalue weighted by Gasteiger charge is -2.09. The molecule has 3 rings (SSSR count). The second kappa shape index (κ2) is 8.14. The number of hydrogen-bond acceptors (Lipinski definition) is 4. The highest BCUT2D eigenvalue weighted by Crippen LogP contribution is 2.29. The van der Waals surface area contributed by atoms with Crippen LogP contribution in [0.1, 0.15) is 33.2 Å². The molecule has 29 heavy (non-hydrogen) atoms. The smallest absolute Gasteiger partial charge is 0.340 e. The number of nitrogens with zero attached hydrogens (tertiary/aromatic N) is 1. The van der Waals surface area contributed by atoms with Gasteiger partial charge in [0.05, 0.1) is 11.1 Å². The molecule has 148 valence electrons. The molecule has 0 saturated heterocycles. The highest BCUT2D eigenvalue weighted by Gasteiger charge is 2.30. The summed E-state index contributed by atoms with van der Waals surface area (Å²) in [6, 6.07) is 14.2. The van der Waals surface area contributed by atoms with Gasteiger partial charge in [0.1, 0.15) is 5.82 Å². The molecule has 0 unspecified atom stereocenters. The lowest BCUT2D eigenvalue weighted by atomic mass is 10.1. The normalized spacial score (nSPS) is 11.0. The van der Waals surface area contributed by atoms with Gasteiger partial charge in [0.2, 0.25) is 0 Å². The first-order chi connectivity index (χ1) is 13.7. The fraction of sp³-hybridized carbons (Fsp3) is 0.0952. The van der Waals surface area contributed by atoms with E-state index in [2.05, 4.69) is 15.6 Å². The van der Waals surface area contributed by atoms with Gasteiger partial charge in [0.25, 0.3) is 5.91 Å². The Kier molecular flexibility index (Phi) is 5.63. The Morgan fingerprint density at radius 3 is 1.93 bits per heavy atom. The molecule has 3 aromatic rings. The first-order valence-corrected chi connectivity index (χ1v) is 8.55. The third-order valence-electron chi connectivity index (χ3n) is 4.06. The maximum atomic E-state index is 12.6. The number of rotatable bonds is 5. The summed E-state index contributed by atoms with van der Waals surface area (Å²) >= 11 is 0. The van der Waals surface area contributed by atoms with Crippen LogP contribution in [0.5, 0.6) is 0 Å². The maximum Gasteiger partial charge on any atom is 0.416 e. The molecule has 0 bridgehead atoms.